The van der Waals surface area contributed by atoms with Crippen LogP contribution >= 0.6 is 0 Å². The number of aliphatic carboxylic acids is 3. The van der Waals surface area contributed by atoms with Gasteiger partial charge in [0, 0.05) is 0 Å². The normalized spacial score (nSPS) is 16.4. The molecule has 186 valence electrons. The molecule has 0 aliphatic carbocycles. The molecule has 0 bridgehead atoms. The number of carboxylic acids is 3. The Labute approximate surface area is 194 Å². The minimum atomic E-state index is -1.17. The van der Waals surface area contributed by atoms with Gasteiger partial charge in [-0.15, -0.1) is 0 Å². The van der Waals surface area contributed by atoms with Crippen LogP contribution in [0.2, 0.25) is 0 Å². The summed E-state index contributed by atoms with van der Waals surface area (Å²) in [5.74, 6) is -3.52. The Morgan fingerprint density at radius 1 is 0.625 bits per heavy atom. The van der Waals surface area contributed by atoms with Gasteiger partial charge in [-0.25, -0.2) is 14.4 Å². The number of quaternary nitrogens is 1. The minimum absolute atomic E-state index is 0.224. The van der Waals surface area contributed by atoms with Gasteiger partial charge in [-0.2, -0.15) is 0 Å². The predicted octanol–water partition coefficient (Wildman–Crippen LogP) is 5.48. The van der Waals surface area contributed by atoms with Crippen molar-refractivity contribution in [3.05, 3.63) is 12.2 Å². The number of allylic oxidation sites excluding steroid dienone is 2. The van der Waals surface area contributed by atoms with Crippen LogP contribution in [0.4, 0.5) is 0 Å². The SMILES string of the molecule is C/C=C/CCCCCCCCCCCCC[N+](C(C)C(=O)O)(C(C)C(=O)O)C(C)C(=O)O. The molecule has 0 aliphatic heterocycles. The van der Waals surface area contributed by atoms with Crippen molar-refractivity contribution in [2.45, 2.75) is 123 Å². The topological polar surface area (TPSA) is 112 Å². The van der Waals surface area contributed by atoms with Gasteiger partial charge in [-0.1, -0.05) is 63.5 Å². The number of carbonyl (C=O) groups is 3. The molecule has 32 heavy (non-hydrogen) atoms. The lowest BCUT2D eigenvalue weighted by atomic mass is 10.00. The molecule has 7 heteroatoms. The smallest absolute Gasteiger partial charge is 0.362 e. The van der Waals surface area contributed by atoms with E-state index in [2.05, 4.69) is 19.1 Å². The summed E-state index contributed by atoms with van der Waals surface area (Å²) in [4.78, 5) is 35.2. The highest BCUT2D eigenvalue weighted by molar-refractivity contribution is 5.77. The molecule has 0 fully saturated rings. The van der Waals surface area contributed by atoms with Gasteiger partial charge in [0.15, 0.2) is 18.1 Å². The molecule has 7 nitrogen and oxygen atoms in total. The third-order valence-corrected chi connectivity index (χ3v) is 6.89. The van der Waals surface area contributed by atoms with Crippen LogP contribution in [0, 0.1) is 0 Å². The predicted molar refractivity (Wildman–Crippen MR) is 127 cm³/mol. The Morgan fingerprint density at radius 3 is 1.25 bits per heavy atom. The summed E-state index contributed by atoms with van der Waals surface area (Å²) >= 11 is 0. The van der Waals surface area contributed by atoms with E-state index in [9.17, 15) is 29.7 Å². The van der Waals surface area contributed by atoms with E-state index in [1.165, 1.54) is 72.1 Å². The monoisotopic (exact) mass is 456 g/mol. The van der Waals surface area contributed by atoms with Crippen molar-refractivity contribution in [2.75, 3.05) is 6.54 Å². The Balaban J connectivity index is 4.48. The standard InChI is InChI=1S/C25H45NO6/c1-5-6-7-8-9-10-11-12-13-14-15-16-17-18-19-26(20(2)23(27)28,21(3)24(29)30)22(4)25(31)32/h5-6,20-22H,7-19H2,1-4H3,(H2-,27,28,29,30,31,32)/p+1/b6-5+. The molecule has 0 radical (unpaired) electrons. The van der Waals surface area contributed by atoms with Gasteiger partial charge >= 0.3 is 17.9 Å². The van der Waals surface area contributed by atoms with E-state index in [0.29, 0.717) is 6.42 Å². The van der Waals surface area contributed by atoms with E-state index in [-0.39, 0.29) is 6.54 Å². The quantitative estimate of drug-likeness (QED) is 0.127. The van der Waals surface area contributed by atoms with Crippen molar-refractivity contribution < 1.29 is 34.2 Å². The van der Waals surface area contributed by atoms with Crippen LogP contribution in [0.25, 0.3) is 0 Å². The highest BCUT2D eigenvalue weighted by Gasteiger charge is 2.52. The Hall–Kier alpha value is -1.89. The second-order valence-corrected chi connectivity index (χ2v) is 9.01. The maximum Gasteiger partial charge on any atom is 0.362 e. The summed E-state index contributed by atoms with van der Waals surface area (Å²) in [5, 5.41) is 28.8. The number of nitrogens with zero attached hydrogens (tertiary/aromatic N) is 1. The first kappa shape index (κ1) is 30.1. The van der Waals surface area contributed by atoms with E-state index in [0.717, 1.165) is 19.3 Å². The van der Waals surface area contributed by atoms with Gasteiger partial charge in [0.1, 0.15) is 0 Å². The van der Waals surface area contributed by atoms with Crippen LogP contribution < -0.4 is 0 Å². The van der Waals surface area contributed by atoms with Crippen LogP contribution in [0.3, 0.4) is 0 Å². The van der Waals surface area contributed by atoms with E-state index < -0.39 is 40.5 Å². The summed E-state index contributed by atoms with van der Waals surface area (Å²) in [6.07, 6.45) is 17.8. The third kappa shape index (κ3) is 10.2. The molecule has 0 aromatic heterocycles. The molecule has 0 spiro atoms. The van der Waals surface area contributed by atoms with Crippen molar-refractivity contribution in [3.8, 4) is 0 Å². The lowest BCUT2D eigenvalue weighted by Gasteiger charge is -2.47. The first-order valence-corrected chi connectivity index (χ1v) is 12.3. The number of unbranched alkanes of at least 4 members (excludes halogenated alkanes) is 11. The lowest BCUT2D eigenvalue weighted by molar-refractivity contribution is -0.968. The van der Waals surface area contributed by atoms with E-state index in [4.69, 9.17) is 0 Å². The lowest BCUT2D eigenvalue weighted by Crippen LogP contribution is -2.70. The maximum atomic E-state index is 11.7. The van der Waals surface area contributed by atoms with Gasteiger partial charge in [-0.05, 0) is 53.4 Å². The molecular formula is C25H46NO6+. The van der Waals surface area contributed by atoms with Crippen molar-refractivity contribution in [1.82, 2.24) is 0 Å². The van der Waals surface area contributed by atoms with Gasteiger partial charge in [0.2, 0.25) is 0 Å². The molecule has 0 aliphatic rings. The van der Waals surface area contributed by atoms with Crippen LogP contribution in [0.1, 0.15) is 105 Å². The molecule has 3 atom stereocenters. The van der Waals surface area contributed by atoms with Crippen LogP contribution in [-0.2, 0) is 14.4 Å². The molecule has 0 aromatic rings. The number of rotatable bonds is 20. The average Bonchev–Trinajstić information content (AvgIpc) is 2.75. The maximum absolute atomic E-state index is 11.7. The van der Waals surface area contributed by atoms with Crippen LogP contribution in [0.15, 0.2) is 12.2 Å². The van der Waals surface area contributed by atoms with Crippen molar-refractivity contribution in [2.24, 2.45) is 0 Å². The van der Waals surface area contributed by atoms with Crippen molar-refractivity contribution in [3.63, 3.8) is 0 Å². The highest BCUT2D eigenvalue weighted by atomic mass is 16.4. The average molecular weight is 457 g/mol. The number of carboxylic acid groups (broad SMARTS) is 3. The zero-order chi connectivity index (χ0) is 24.6. The minimum Gasteiger partial charge on any atom is -0.477 e. The van der Waals surface area contributed by atoms with Gasteiger partial charge in [0.25, 0.3) is 0 Å². The third-order valence-electron chi connectivity index (χ3n) is 6.89. The number of hydrogen-bond donors (Lipinski definition) is 3. The first-order chi connectivity index (χ1) is 15.1. The zero-order valence-corrected chi connectivity index (χ0v) is 20.6. The Morgan fingerprint density at radius 2 is 0.938 bits per heavy atom. The van der Waals surface area contributed by atoms with Crippen molar-refractivity contribution >= 4 is 17.9 Å². The molecule has 3 unspecified atom stereocenters. The molecule has 0 amide bonds. The summed E-state index contributed by atoms with van der Waals surface area (Å²) in [6, 6.07) is -3.36. The zero-order valence-electron chi connectivity index (χ0n) is 20.6. The van der Waals surface area contributed by atoms with Crippen LogP contribution in [-0.4, -0.2) is 62.4 Å². The highest BCUT2D eigenvalue weighted by Crippen LogP contribution is 2.27. The second kappa shape index (κ2) is 16.7. The fourth-order valence-electron chi connectivity index (χ4n) is 4.61. The van der Waals surface area contributed by atoms with Gasteiger partial charge in [-0.3, -0.25) is 4.48 Å². The summed E-state index contributed by atoms with van der Waals surface area (Å²) in [6.45, 7) is 6.53. The number of hydrogen-bond acceptors (Lipinski definition) is 3. The van der Waals surface area contributed by atoms with E-state index in [1.807, 2.05) is 0 Å². The Kier molecular flexibility index (Phi) is 15.7. The first-order valence-electron chi connectivity index (χ1n) is 12.3. The molecule has 3 N–H and O–H groups in total. The molecule has 0 saturated heterocycles. The summed E-state index contributed by atoms with van der Waals surface area (Å²) in [7, 11) is 0. The van der Waals surface area contributed by atoms with Gasteiger partial charge in [0.05, 0.1) is 6.54 Å². The molecule has 0 aromatic carbocycles. The summed E-state index contributed by atoms with van der Waals surface area (Å²) in [5.41, 5.74) is 0. The molecular weight excluding hydrogens is 410 g/mol. The summed E-state index contributed by atoms with van der Waals surface area (Å²) < 4.78 is -0.478. The fraction of sp³-hybridized carbons (Fsp3) is 0.800. The van der Waals surface area contributed by atoms with Gasteiger partial charge < -0.3 is 15.3 Å². The largest absolute Gasteiger partial charge is 0.477 e. The Bertz CT molecular complexity index is 539. The second-order valence-electron chi connectivity index (χ2n) is 9.01. The fourth-order valence-corrected chi connectivity index (χ4v) is 4.61. The van der Waals surface area contributed by atoms with Crippen molar-refractivity contribution in [1.29, 1.82) is 0 Å². The molecule has 0 rings (SSSR count). The molecule has 0 saturated carbocycles. The van der Waals surface area contributed by atoms with E-state index in [1.54, 1.807) is 0 Å². The van der Waals surface area contributed by atoms with E-state index >= 15 is 0 Å². The molecule has 0 heterocycles. The van der Waals surface area contributed by atoms with Crippen LogP contribution in [0.5, 0.6) is 0 Å².